The summed E-state index contributed by atoms with van der Waals surface area (Å²) in [6.07, 6.45) is 1.51. The molecule has 2 fully saturated rings. The van der Waals surface area contributed by atoms with Gasteiger partial charge >= 0.3 is 7.69 Å². The number of rotatable bonds is 1. The molecule has 14 heavy (non-hydrogen) atoms. The molecule has 0 aromatic carbocycles. The summed E-state index contributed by atoms with van der Waals surface area (Å²) in [5.74, 6) is 1.45. The minimum Gasteiger partial charge on any atom is -0.409 e. The van der Waals surface area contributed by atoms with E-state index >= 15 is 0 Å². The Kier molecular flexibility index (Phi) is 2.24. The predicted octanol–water partition coefficient (Wildman–Crippen LogP) is 2.13. The van der Waals surface area contributed by atoms with E-state index in [1.807, 2.05) is 0 Å². The normalized spacial score (nSPS) is 51.1. The van der Waals surface area contributed by atoms with E-state index in [-0.39, 0.29) is 11.7 Å². The molecule has 0 N–H and O–H groups in total. The van der Waals surface area contributed by atoms with Gasteiger partial charge in [0, 0.05) is 0 Å². The second-order valence-corrected chi connectivity index (χ2v) is 5.77. The molecule has 0 aromatic heterocycles. The van der Waals surface area contributed by atoms with Gasteiger partial charge in [-0.3, -0.25) is 0 Å². The Labute approximate surface area is 87.7 Å². The Balaban J connectivity index is 2.16. The minimum absolute atomic E-state index is 0.0595. The monoisotopic (exact) mass is 196 g/mol. The standard InChI is InChI=1S/C11H21BO2/c1-7-6-9(10(7,3)4)11(5)8(2)13-12-14-11/h7-9,12H,6H2,1-5H3. The van der Waals surface area contributed by atoms with Crippen molar-refractivity contribution in [3.63, 3.8) is 0 Å². The molecule has 80 valence electrons. The van der Waals surface area contributed by atoms with E-state index in [1.54, 1.807) is 0 Å². The zero-order valence-electron chi connectivity index (χ0n) is 9.96. The topological polar surface area (TPSA) is 18.5 Å². The first-order valence-corrected chi connectivity index (χ1v) is 5.64. The van der Waals surface area contributed by atoms with Crippen LogP contribution in [0.3, 0.4) is 0 Å². The molecular weight excluding hydrogens is 175 g/mol. The zero-order valence-corrected chi connectivity index (χ0v) is 9.96. The van der Waals surface area contributed by atoms with E-state index in [0.717, 1.165) is 5.92 Å². The molecule has 1 aliphatic heterocycles. The highest BCUT2D eigenvalue weighted by Crippen LogP contribution is 2.58. The van der Waals surface area contributed by atoms with E-state index < -0.39 is 0 Å². The maximum Gasteiger partial charge on any atom is 0.438 e. The fourth-order valence-electron chi connectivity index (χ4n) is 3.05. The highest BCUT2D eigenvalue weighted by Gasteiger charge is 2.58. The second-order valence-electron chi connectivity index (χ2n) is 5.77. The van der Waals surface area contributed by atoms with Crippen LogP contribution in [0, 0.1) is 17.3 Å². The summed E-state index contributed by atoms with van der Waals surface area (Å²) in [4.78, 5) is 0. The lowest BCUT2D eigenvalue weighted by Gasteiger charge is -2.58. The Morgan fingerprint density at radius 3 is 2.21 bits per heavy atom. The van der Waals surface area contributed by atoms with E-state index in [0.29, 0.717) is 19.0 Å². The molecule has 1 aliphatic carbocycles. The van der Waals surface area contributed by atoms with Crippen LogP contribution >= 0.6 is 0 Å². The Morgan fingerprint density at radius 1 is 1.21 bits per heavy atom. The molecule has 4 unspecified atom stereocenters. The van der Waals surface area contributed by atoms with E-state index in [9.17, 15) is 0 Å². The SMILES string of the molecule is CC1CC(C2(C)OBOC2C)C1(C)C. The van der Waals surface area contributed by atoms with Gasteiger partial charge in [-0.2, -0.15) is 0 Å². The molecule has 0 bridgehead atoms. The maximum atomic E-state index is 5.82. The van der Waals surface area contributed by atoms with Crippen molar-refractivity contribution in [1.82, 2.24) is 0 Å². The summed E-state index contributed by atoms with van der Waals surface area (Å²) in [7, 11) is 0.471. The summed E-state index contributed by atoms with van der Waals surface area (Å²) >= 11 is 0. The molecular formula is C11H21BO2. The van der Waals surface area contributed by atoms with Crippen molar-refractivity contribution in [3.05, 3.63) is 0 Å². The van der Waals surface area contributed by atoms with Gasteiger partial charge in [0.1, 0.15) is 0 Å². The average Bonchev–Trinajstić information content (AvgIpc) is 2.44. The van der Waals surface area contributed by atoms with Gasteiger partial charge in [-0.15, -0.1) is 0 Å². The first-order chi connectivity index (χ1) is 6.39. The number of hydrogen-bond acceptors (Lipinski definition) is 2. The van der Waals surface area contributed by atoms with Crippen molar-refractivity contribution in [1.29, 1.82) is 0 Å². The van der Waals surface area contributed by atoms with E-state index in [1.165, 1.54) is 6.42 Å². The number of hydrogen-bond donors (Lipinski definition) is 0. The average molecular weight is 196 g/mol. The minimum atomic E-state index is -0.0595. The highest BCUT2D eigenvalue weighted by atomic mass is 16.6. The van der Waals surface area contributed by atoms with Gasteiger partial charge in [-0.1, -0.05) is 20.8 Å². The zero-order chi connectivity index (χ0) is 10.6. The van der Waals surface area contributed by atoms with Crippen LogP contribution in [-0.4, -0.2) is 19.4 Å². The Bertz CT molecular complexity index is 241. The molecule has 3 heteroatoms. The lowest BCUT2D eigenvalue weighted by Crippen LogP contribution is -2.58. The summed E-state index contributed by atoms with van der Waals surface area (Å²) in [6, 6.07) is 0. The maximum absolute atomic E-state index is 5.82. The van der Waals surface area contributed by atoms with Crippen LogP contribution in [0.15, 0.2) is 0 Å². The lowest BCUT2D eigenvalue weighted by atomic mass is 9.50. The van der Waals surface area contributed by atoms with Crippen molar-refractivity contribution in [2.45, 2.75) is 52.7 Å². The largest absolute Gasteiger partial charge is 0.438 e. The van der Waals surface area contributed by atoms with Gasteiger partial charge in [-0.25, -0.2) is 0 Å². The Morgan fingerprint density at radius 2 is 1.86 bits per heavy atom. The van der Waals surface area contributed by atoms with Crippen molar-refractivity contribution < 1.29 is 9.31 Å². The fourth-order valence-corrected chi connectivity index (χ4v) is 3.05. The van der Waals surface area contributed by atoms with Gasteiger partial charge in [0.05, 0.1) is 11.7 Å². The predicted molar refractivity (Wildman–Crippen MR) is 58.2 cm³/mol. The van der Waals surface area contributed by atoms with Crippen LogP contribution < -0.4 is 0 Å². The molecule has 1 heterocycles. The first kappa shape index (κ1) is 10.5. The first-order valence-electron chi connectivity index (χ1n) is 5.64. The van der Waals surface area contributed by atoms with Crippen molar-refractivity contribution >= 4 is 7.69 Å². The third-order valence-electron chi connectivity index (χ3n) is 4.94. The third kappa shape index (κ3) is 1.18. The van der Waals surface area contributed by atoms with Gasteiger partial charge < -0.3 is 9.31 Å². The van der Waals surface area contributed by atoms with Crippen LogP contribution in [-0.2, 0) is 9.31 Å². The van der Waals surface area contributed by atoms with Gasteiger partial charge in [0.2, 0.25) is 0 Å². The molecule has 1 saturated carbocycles. The second kappa shape index (κ2) is 2.99. The molecule has 2 aliphatic rings. The van der Waals surface area contributed by atoms with Crippen molar-refractivity contribution in [3.8, 4) is 0 Å². The summed E-state index contributed by atoms with van der Waals surface area (Å²) in [5.41, 5.74) is 0.340. The third-order valence-corrected chi connectivity index (χ3v) is 4.94. The molecule has 0 radical (unpaired) electrons. The van der Waals surface area contributed by atoms with Gasteiger partial charge in [-0.05, 0) is 37.5 Å². The van der Waals surface area contributed by atoms with Crippen molar-refractivity contribution in [2.75, 3.05) is 0 Å². The molecule has 2 nitrogen and oxygen atoms in total. The molecule has 0 amide bonds. The van der Waals surface area contributed by atoms with E-state index in [2.05, 4.69) is 34.6 Å². The smallest absolute Gasteiger partial charge is 0.409 e. The van der Waals surface area contributed by atoms with Crippen LogP contribution in [0.1, 0.15) is 41.0 Å². The van der Waals surface area contributed by atoms with Crippen molar-refractivity contribution in [2.24, 2.45) is 17.3 Å². The molecule has 4 atom stereocenters. The lowest BCUT2D eigenvalue weighted by molar-refractivity contribution is -0.136. The van der Waals surface area contributed by atoms with Crippen LogP contribution in [0.2, 0.25) is 0 Å². The van der Waals surface area contributed by atoms with E-state index in [4.69, 9.17) is 9.31 Å². The molecule has 1 saturated heterocycles. The summed E-state index contributed by atoms with van der Waals surface area (Å²) in [5, 5.41) is 0. The van der Waals surface area contributed by atoms with Gasteiger partial charge in [0.15, 0.2) is 0 Å². The Hall–Kier alpha value is -0.0151. The van der Waals surface area contributed by atoms with Gasteiger partial charge in [0.25, 0.3) is 0 Å². The summed E-state index contributed by atoms with van der Waals surface area (Å²) in [6.45, 7) is 11.4. The molecule has 0 spiro atoms. The molecule has 0 aromatic rings. The highest BCUT2D eigenvalue weighted by molar-refractivity contribution is 6.19. The van der Waals surface area contributed by atoms with Crippen LogP contribution in [0.5, 0.6) is 0 Å². The summed E-state index contributed by atoms with van der Waals surface area (Å²) < 4.78 is 11.3. The van der Waals surface area contributed by atoms with Crippen LogP contribution in [0.4, 0.5) is 0 Å². The molecule has 2 rings (SSSR count). The quantitative estimate of drug-likeness (QED) is 0.598. The van der Waals surface area contributed by atoms with Crippen LogP contribution in [0.25, 0.3) is 0 Å². The fraction of sp³-hybridized carbons (Fsp3) is 1.00.